The van der Waals surface area contributed by atoms with Crippen LogP contribution in [-0.4, -0.2) is 42.9 Å². The third kappa shape index (κ3) is 4.48. The lowest BCUT2D eigenvalue weighted by Gasteiger charge is -2.24. The molecule has 116 valence electrons. The minimum absolute atomic E-state index is 0.0677. The first-order valence-corrected chi connectivity index (χ1v) is 7.24. The molecule has 1 aromatic carbocycles. The van der Waals surface area contributed by atoms with Crippen LogP contribution in [0.5, 0.6) is 11.5 Å². The van der Waals surface area contributed by atoms with Gasteiger partial charge in [0.1, 0.15) is 6.29 Å². The number of nitrogens with zero attached hydrogens (tertiary/aromatic N) is 1. The fourth-order valence-electron chi connectivity index (χ4n) is 2.00. The minimum atomic E-state index is -0.605. The van der Waals surface area contributed by atoms with E-state index in [2.05, 4.69) is 0 Å². The second-order valence-corrected chi connectivity index (χ2v) is 4.53. The Morgan fingerprint density at radius 1 is 1.24 bits per heavy atom. The van der Waals surface area contributed by atoms with E-state index in [0.29, 0.717) is 36.8 Å². The molecular weight excluding hydrogens is 270 g/mol. The van der Waals surface area contributed by atoms with Crippen LogP contribution < -0.4 is 9.47 Å². The highest BCUT2D eigenvalue weighted by molar-refractivity contribution is 5.81. The molecule has 0 saturated heterocycles. The molecule has 0 fully saturated rings. The Labute approximate surface area is 125 Å². The molecule has 1 rings (SSSR count). The largest absolute Gasteiger partial charge is 0.490 e. The van der Waals surface area contributed by atoms with E-state index in [9.17, 15) is 9.59 Å². The summed E-state index contributed by atoms with van der Waals surface area (Å²) in [6.07, 6.45) is 0.141. The Morgan fingerprint density at radius 3 is 2.43 bits per heavy atom. The summed E-state index contributed by atoms with van der Waals surface area (Å²) in [5, 5.41) is 0. The molecule has 0 spiro atoms. The van der Waals surface area contributed by atoms with E-state index in [1.54, 1.807) is 30.0 Å². The van der Waals surface area contributed by atoms with Crippen LogP contribution in [0.2, 0.25) is 0 Å². The predicted octanol–water partition coefficient (Wildman–Crippen LogP) is 2.53. The highest BCUT2D eigenvalue weighted by Crippen LogP contribution is 2.29. The molecule has 5 nitrogen and oxygen atoms in total. The first kappa shape index (κ1) is 17.0. The summed E-state index contributed by atoms with van der Waals surface area (Å²) in [5.74, 6) is 0.874. The molecule has 0 aliphatic carbocycles. The number of ether oxygens (including phenoxy) is 2. The van der Waals surface area contributed by atoms with Gasteiger partial charge in [-0.2, -0.15) is 0 Å². The van der Waals surface area contributed by atoms with Gasteiger partial charge in [0.25, 0.3) is 5.91 Å². The maximum Gasteiger partial charge on any atom is 0.263 e. The second kappa shape index (κ2) is 8.29. The maximum atomic E-state index is 12.2. The average molecular weight is 293 g/mol. The lowest BCUT2D eigenvalue weighted by molar-refractivity contribution is -0.137. The topological polar surface area (TPSA) is 55.8 Å². The van der Waals surface area contributed by atoms with E-state index < -0.39 is 6.10 Å². The number of likely N-dealkylation sites (N-methyl/N-ethyl adjacent to an activating group) is 1. The van der Waals surface area contributed by atoms with Crippen LogP contribution in [0.4, 0.5) is 0 Å². The lowest BCUT2D eigenvalue weighted by Crippen LogP contribution is -2.40. The van der Waals surface area contributed by atoms with Crippen molar-refractivity contribution < 1.29 is 19.1 Å². The normalized spacial score (nSPS) is 11.6. The van der Waals surface area contributed by atoms with E-state index in [0.717, 1.165) is 6.29 Å². The monoisotopic (exact) mass is 293 g/mol. The van der Waals surface area contributed by atoms with Crippen LogP contribution in [-0.2, 0) is 4.79 Å². The molecule has 0 heterocycles. The first-order chi connectivity index (χ1) is 10.1. The molecular formula is C16H23NO4. The highest BCUT2D eigenvalue weighted by Gasteiger charge is 2.21. The quantitative estimate of drug-likeness (QED) is 0.691. The number of hydrogen-bond donors (Lipinski definition) is 0. The SMILES string of the molecule is CCOc1cc(C=O)ccc1OC(C)C(=O)N(CC)CC. The molecule has 1 aromatic rings. The van der Waals surface area contributed by atoms with E-state index in [1.165, 1.54) is 0 Å². The molecule has 0 N–H and O–H groups in total. The molecule has 21 heavy (non-hydrogen) atoms. The number of rotatable bonds is 8. The van der Waals surface area contributed by atoms with E-state index in [-0.39, 0.29) is 5.91 Å². The molecule has 0 aliphatic rings. The first-order valence-electron chi connectivity index (χ1n) is 7.24. The molecule has 5 heteroatoms. The van der Waals surface area contributed by atoms with Gasteiger partial charge >= 0.3 is 0 Å². The Bertz CT molecular complexity index is 483. The standard InChI is InChI=1S/C16H23NO4/c1-5-17(6-2)16(19)12(4)21-14-9-8-13(11-18)10-15(14)20-7-3/h8-12H,5-7H2,1-4H3. The Morgan fingerprint density at radius 2 is 1.90 bits per heavy atom. The van der Waals surface area contributed by atoms with Crippen molar-refractivity contribution in [3.8, 4) is 11.5 Å². The summed E-state index contributed by atoms with van der Waals surface area (Å²) >= 11 is 0. The van der Waals surface area contributed by atoms with Crippen molar-refractivity contribution in [2.75, 3.05) is 19.7 Å². The number of carbonyl (C=O) groups is 2. The highest BCUT2D eigenvalue weighted by atomic mass is 16.5. The molecule has 0 radical (unpaired) electrons. The van der Waals surface area contributed by atoms with Crippen molar-refractivity contribution in [3.63, 3.8) is 0 Å². The van der Waals surface area contributed by atoms with Gasteiger partial charge < -0.3 is 14.4 Å². The smallest absolute Gasteiger partial charge is 0.263 e. The predicted molar refractivity (Wildman–Crippen MR) is 81.0 cm³/mol. The van der Waals surface area contributed by atoms with Crippen molar-refractivity contribution in [3.05, 3.63) is 23.8 Å². The van der Waals surface area contributed by atoms with Crippen LogP contribution in [0.25, 0.3) is 0 Å². The zero-order chi connectivity index (χ0) is 15.8. The summed E-state index contributed by atoms with van der Waals surface area (Å²) in [7, 11) is 0. The molecule has 1 unspecified atom stereocenters. The van der Waals surface area contributed by atoms with Crippen molar-refractivity contribution in [2.45, 2.75) is 33.8 Å². The van der Waals surface area contributed by atoms with Gasteiger partial charge in [0.2, 0.25) is 0 Å². The van der Waals surface area contributed by atoms with Crippen LogP contribution in [0.15, 0.2) is 18.2 Å². The van der Waals surface area contributed by atoms with Gasteiger partial charge in [-0.1, -0.05) is 0 Å². The Hall–Kier alpha value is -2.04. The fraction of sp³-hybridized carbons (Fsp3) is 0.500. The Balaban J connectivity index is 2.90. The summed E-state index contributed by atoms with van der Waals surface area (Å²) in [5.41, 5.74) is 0.508. The van der Waals surface area contributed by atoms with Gasteiger partial charge in [0, 0.05) is 18.7 Å². The number of carbonyl (C=O) groups excluding carboxylic acids is 2. The third-order valence-electron chi connectivity index (χ3n) is 3.13. The summed E-state index contributed by atoms with van der Waals surface area (Å²) in [4.78, 5) is 24.7. The van der Waals surface area contributed by atoms with Crippen molar-refractivity contribution in [1.29, 1.82) is 0 Å². The molecule has 0 aromatic heterocycles. The van der Waals surface area contributed by atoms with E-state index in [4.69, 9.17) is 9.47 Å². The summed E-state index contributed by atoms with van der Waals surface area (Å²) in [6.45, 7) is 9.16. The average Bonchev–Trinajstić information content (AvgIpc) is 2.50. The third-order valence-corrected chi connectivity index (χ3v) is 3.13. The summed E-state index contributed by atoms with van der Waals surface area (Å²) < 4.78 is 11.2. The second-order valence-electron chi connectivity index (χ2n) is 4.53. The van der Waals surface area contributed by atoms with Crippen molar-refractivity contribution in [1.82, 2.24) is 4.90 Å². The molecule has 0 bridgehead atoms. The van der Waals surface area contributed by atoms with Gasteiger partial charge in [0.05, 0.1) is 6.61 Å². The van der Waals surface area contributed by atoms with Gasteiger partial charge in [-0.05, 0) is 45.9 Å². The van der Waals surface area contributed by atoms with E-state index >= 15 is 0 Å². The lowest BCUT2D eigenvalue weighted by atomic mass is 10.2. The molecule has 1 atom stereocenters. The van der Waals surface area contributed by atoms with Crippen molar-refractivity contribution >= 4 is 12.2 Å². The Kier molecular flexibility index (Phi) is 6.72. The molecule has 0 aliphatic heterocycles. The zero-order valence-electron chi connectivity index (χ0n) is 13.1. The molecule has 0 saturated carbocycles. The minimum Gasteiger partial charge on any atom is -0.490 e. The summed E-state index contributed by atoms with van der Waals surface area (Å²) in [6, 6.07) is 4.90. The van der Waals surface area contributed by atoms with Gasteiger partial charge in [0.15, 0.2) is 17.6 Å². The van der Waals surface area contributed by atoms with E-state index in [1.807, 2.05) is 20.8 Å². The van der Waals surface area contributed by atoms with Crippen molar-refractivity contribution in [2.24, 2.45) is 0 Å². The number of hydrogen-bond acceptors (Lipinski definition) is 4. The maximum absolute atomic E-state index is 12.2. The van der Waals surface area contributed by atoms with Gasteiger partial charge in [-0.25, -0.2) is 0 Å². The van der Waals surface area contributed by atoms with Crippen LogP contribution in [0.1, 0.15) is 38.1 Å². The zero-order valence-corrected chi connectivity index (χ0v) is 13.1. The van der Waals surface area contributed by atoms with Gasteiger partial charge in [-0.3, -0.25) is 9.59 Å². The van der Waals surface area contributed by atoms with Gasteiger partial charge in [-0.15, -0.1) is 0 Å². The fourth-order valence-corrected chi connectivity index (χ4v) is 2.00. The van der Waals surface area contributed by atoms with Crippen LogP contribution in [0, 0.1) is 0 Å². The molecule has 1 amide bonds. The number of benzene rings is 1. The van der Waals surface area contributed by atoms with Crippen LogP contribution >= 0.6 is 0 Å². The number of aldehydes is 1. The van der Waals surface area contributed by atoms with Crippen LogP contribution in [0.3, 0.4) is 0 Å². The number of amides is 1.